The summed E-state index contributed by atoms with van der Waals surface area (Å²) in [6, 6.07) is 0. The summed E-state index contributed by atoms with van der Waals surface area (Å²) in [4.78, 5) is 0. The van der Waals surface area contributed by atoms with Crippen LogP contribution in [0.1, 0.15) is 0 Å². The van der Waals surface area contributed by atoms with Gasteiger partial charge in [0.05, 0.1) is 0 Å². The van der Waals surface area contributed by atoms with Crippen molar-refractivity contribution in [2.45, 2.75) is 0 Å². The Bertz CT molecular complexity index is 38.9. The zero-order valence-corrected chi connectivity index (χ0v) is 8.28. The van der Waals surface area contributed by atoms with E-state index in [1.54, 1.807) is 0 Å². The molecule has 0 unspecified atom stereocenters. The van der Waals surface area contributed by atoms with E-state index in [1.807, 2.05) is 0 Å². The van der Waals surface area contributed by atoms with E-state index in [1.165, 1.54) is 0 Å². The fourth-order valence-corrected chi connectivity index (χ4v) is 0. The van der Waals surface area contributed by atoms with Crippen molar-refractivity contribution in [2.24, 2.45) is 0 Å². The maximum atomic E-state index is 8.40. The van der Waals surface area contributed by atoms with Gasteiger partial charge in [-0.15, -0.1) is 0 Å². The molecule has 2 nitrogen and oxygen atoms in total. The van der Waals surface area contributed by atoms with Crippen LogP contribution in [0.25, 0.3) is 0 Å². The van der Waals surface area contributed by atoms with Crippen LogP contribution >= 0.6 is 8.65 Å². The van der Waals surface area contributed by atoms with Gasteiger partial charge >= 0.3 is 41.6 Å². The molecule has 0 rings (SSSR count). The molecular weight excluding hydrogens is 205 g/mol. The standard InChI is InChI=1S/Cd.O2Si.S/c;1-3-2;. The Morgan fingerprint density at radius 2 is 1.40 bits per heavy atom. The minimum atomic E-state index is -1.42. The van der Waals surface area contributed by atoms with Gasteiger partial charge in [0.15, 0.2) is 0 Å². The molecule has 0 radical (unpaired) electrons. The summed E-state index contributed by atoms with van der Waals surface area (Å²) >= 11 is 0.733. The third kappa shape index (κ3) is 47.2. The molecule has 0 aliphatic carbocycles. The Kier molecular flexibility index (Phi) is 37.9. The predicted octanol–water partition coefficient (Wildman–Crippen LogP) is 0.0273. The van der Waals surface area contributed by atoms with Crippen LogP contribution < -0.4 is 0 Å². The molecule has 0 fully saturated rings. The second-order valence-corrected chi connectivity index (χ2v) is 0.250. The average Bonchev–Trinajstić information content (AvgIpc) is 1.46. The van der Waals surface area contributed by atoms with Gasteiger partial charge in [-0.3, -0.25) is 8.92 Å². The van der Waals surface area contributed by atoms with Crippen molar-refractivity contribution in [3.05, 3.63) is 0 Å². The van der Waals surface area contributed by atoms with Gasteiger partial charge in [-0.1, -0.05) is 0 Å². The quantitative estimate of drug-likeness (QED) is 0.522. The molecule has 0 aliphatic heterocycles. The third-order valence-corrected chi connectivity index (χ3v) is 0. The Labute approximate surface area is 50.4 Å². The molecule has 0 amide bonds. The number of rotatable bonds is 0. The summed E-state index contributed by atoms with van der Waals surface area (Å²) in [5.41, 5.74) is 0. The first-order valence-corrected chi connectivity index (χ1v) is 7.03. The average molecular weight is 205 g/mol. The monoisotopic (exact) mass is 206 g/mol. The SMILES string of the molecule is O=[Si]=O.[S]=[Cd]. The third-order valence-electron chi connectivity index (χ3n) is 0. The Balaban J connectivity index is 0. The molecular formula is CdO2SSi. The first-order chi connectivity index (χ1) is 2.41. The number of hydrogen-bond acceptors (Lipinski definition) is 3. The molecule has 0 bridgehead atoms. The van der Waals surface area contributed by atoms with Crippen molar-refractivity contribution in [3.8, 4) is 0 Å². The summed E-state index contributed by atoms with van der Waals surface area (Å²) in [5.74, 6) is 0. The summed E-state index contributed by atoms with van der Waals surface area (Å²) in [6.07, 6.45) is 0. The van der Waals surface area contributed by atoms with Crippen molar-refractivity contribution in [3.63, 3.8) is 0 Å². The van der Waals surface area contributed by atoms with Gasteiger partial charge in [0.25, 0.3) is 0 Å². The van der Waals surface area contributed by atoms with Crippen LogP contribution in [-0.4, -0.2) is 9.29 Å². The van der Waals surface area contributed by atoms with E-state index in [0.717, 1.165) is 23.7 Å². The van der Waals surface area contributed by atoms with Crippen molar-refractivity contribution in [2.75, 3.05) is 0 Å². The van der Waals surface area contributed by atoms with Crippen molar-refractivity contribution in [1.29, 1.82) is 0 Å². The van der Waals surface area contributed by atoms with Gasteiger partial charge in [0.1, 0.15) is 0 Å². The van der Waals surface area contributed by atoms with Crippen LogP contribution in [0.3, 0.4) is 0 Å². The maximum absolute atomic E-state index is 8.40. The number of hydrogen-bond donors (Lipinski definition) is 0. The molecule has 5 heteroatoms. The van der Waals surface area contributed by atoms with Gasteiger partial charge in [-0.25, -0.2) is 0 Å². The van der Waals surface area contributed by atoms with E-state index in [4.69, 9.17) is 8.92 Å². The van der Waals surface area contributed by atoms with E-state index < -0.39 is 9.29 Å². The Morgan fingerprint density at radius 3 is 1.40 bits per heavy atom. The summed E-state index contributed by atoms with van der Waals surface area (Å²) < 4.78 is 16.8. The molecule has 0 N–H and O–H groups in total. The van der Waals surface area contributed by atoms with Crippen molar-refractivity contribution >= 4 is 17.9 Å². The van der Waals surface area contributed by atoms with Crippen LogP contribution in [0.15, 0.2) is 0 Å². The molecule has 0 saturated heterocycles. The van der Waals surface area contributed by atoms with Crippen LogP contribution in [0.4, 0.5) is 0 Å². The first-order valence-electron chi connectivity index (χ1n) is 0.697. The van der Waals surface area contributed by atoms with Crippen LogP contribution in [0.2, 0.25) is 0 Å². The van der Waals surface area contributed by atoms with E-state index in [2.05, 4.69) is 8.65 Å². The first kappa shape index (κ1) is 9.35. The van der Waals surface area contributed by atoms with Gasteiger partial charge in [0, 0.05) is 0 Å². The van der Waals surface area contributed by atoms with E-state index in [-0.39, 0.29) is 0 Å². The molecule has 0 aromatic carbocycles. The van der Waals surface area contributed by atoms with Crippen molar-refractivity contribution in [1.82, 2.24) is 0 Å². The van der Waals surface area contributed by atoms with Crippen molar-refractivity contribution < 1.29 is 32.6 Å². The molecule has 0 aromatic heterocycles. The van der Waals surface area contributed by atoms with E-state index in [0.29, 0.717) is 0 Å². The fourth-order valence-electron chi connectivity index (χ4n) is 0. The minimum absolute atomic E-state index is 0.733. The summed E-state index contributed by atoms with van der Waals surface area (Å²) in [7, 11) is 2.84. The normalized spacial score (nSPS) is 2.80. The zero-order chi connectivity index (χ0) is 4.71. The van der Waals surface area contributed by atoms with Crippen LogP contribution in [0.5, 0.6) is 0 Å². The molecule has 0 saturated carbocycles. The van der Waals surface area contributed by atoms with Crippen LogP contribution in [-0.2, 0) is 32.6 Å². The zero-order valence-electron chi connectivity index (χ0n) is 2.43. The van der Waals surface area contributed by atoms with Gasteiger partial charge in [-0.05, 0) is 0 Å². The second-order valence-electron chi connectivity index (χ2n) is 0.0833. The molecule has 24 valence electrons. The molecule has 0 spiro atoms. The van der Waals surface area contributed by atoms with Gasteiger partial charge in [-0.2, -0.15) is 0 Å². The second kappa shape index (κ2) is 20.3. The molecule has 0 aromatic rings. The van der Waals surface area contributed by atoms with Crippen LogP contribution in [0, 0.1) is 0 Å². The fraction of sp³-hybridized carbons (Fsp3) is 0. The Morgan fingerprint density at radius 1 is 1.40 bits per heavy atom. The van der Waals surface area contributed by atoms with Gasteiger partial charge in [0.2, 0.25) is 0 Å². The van der Waals surface area contributed by atoms with E-state index in [9.17, 15) is 0 Å². The molecule has 0 atom stereocenters. The molecule has 5 heavy (non-hydrogen) atoms. The topological polar surface area (TPSA) is 34.1 Å². The molecule has 0 heterocycles. The summed E-state index contributed by atoms with van der Waals surface area (Å²) in [6.45, 7) is 0. The summed E-state index contributed by atoms with van der Waals surface area (Å²) in [5, 5.41) is 0. The Hall–Kier alpha value is 0.959. The molecule has 0 aliphatic rings. The predicted molar refractivity (Wildman–Crippen MR) is 14.7 cm³/mol. The van der Waals surface area contributed by atoms with Gasteiger partial charge < -0.3 is 0 Å². The van der Waals surface area contributed by atoms with E-state index >= 15 is 0 Å².